The monoisotopic (exact) mass is 304 g/mol. The van der Waals surface area contributed by atoms with Crippen LogP contribution in [0, 0.1) is 0 Å². The second kappa shape index (κ2) is 5.80. The normalized spacial score (nSPS) is 12.0. The van der Waals surface area contributed by atoms with Crippen molar-refractivity contribution in [2.75, 3.05) is 13.9 Å². The van der Waals surface area contributed by atoms with Gasteiger partial charge in [-0.05, 0) is 24.3 Å². The predicted molar refractivity (Wildman–Crippen MR) is 71.7 cm³/mol. The van der Waals surface area contributed by atoms with Gasteiger partial charge >= 0.3 is 11.9 Å². The van der Waals surface area contributed by atoms with Crippen molar-refractivity contribution >= 4 is 11.9 Å². The third kappa shape index (κ3) is 2.60. The minimum Gasteiger partial charge on any atom is -0.463 e. The molecule has 2 aromatic rings. The van der Waals surface area contributed by atoms with Crippen molar-refractivity contribution < 1.29 is 33.0 Å². The van der Waals surface area contributed by atoms with Gasteiger partial charge in [0.05, 0.1) is 18.9 Å². The van der Waals surface area contributed by atoms with Gasteiger partial charge in [0.1, 0.15) is 6.61 Å². The molecule has 0 fully saturated rings. The maximum atomic E-state index is 12.0. The van der Waals surface area contributed by atoms with Crippen LogP contribution in [-0.4, -0.2) is 25.8 Å². The molecule has 1 aliphatic heterocycles. The molecule has 0 aliphatic carbocycles. The summed E-state index contributed by atoms with van der Waals surface area (Å²) in [4.78, 5) is 23.5. The largest absolute Gasteiger partial charge is 0.463 e. The summed E-state index contributed by atoms with van der Waals surface area (Å²) in [6.45, 7) is 0.0273. The number of carbonyl (C=O) groups is 2. The number of rotatable bonds is 4. The van der Waals surface area contributed by atoms with Gasteiger partial charge in [0.15, 0.2) is 11.5 Å². The molecule has 3 rings (SSSR count). The van der Waals surface area contributed by atoms with Gasteiger partial charge in [-0.2, -0.15) is 0 Å². The van der Waals surface area contributed by atoms with Crippen LogP contribution in [0.3, 0.4) is 0 Å². The molecule has 7 nitrogen and oxygen atoms in total. The van der Waals surface area contributed by atoms with Crippen LogP contribution in [0.2, 0.25) is 0 Å². The Balaban J connectivity index is 1.68. The Morgan fingerprint density at radius 2 is 1.95 bits per heavy atom. The minimum atomic E-state index is -0.626. The summed E-state index contributed by atoms with van der Waals surface area (Å²) in [6.07, 6.45) is 1.33. The van der Waals surface area contributed by atoms with Crippen LogP contribution in [0.25, 0.3) is 0 Å². The number of methoxy groups -OCH3 is 1. The molecule has 1 aliphatic rings. The fourth-order valence-corrected chi connectivity index (χ4v) is 1.97. The molecule has 22 heavy (non-hydrogen) atoms. The third-order valence-corrected chi connectivity index (χ3v) is 3.08. The van der Waals surface area contributed by atoms with E-state index in [2.05, 4.69) is 4.74 Å². The topological polar surface area (TPSA) is 84.2 Å². The zero-order valence-electron chi connectivity index (χ0n) is 11.7. The summed E-state index contributed by atoms with van der Waals surface area (Å²) in [5.41, 5.74) is 0.758. The first-order chi connectivity index (χ1) is 10.7. The van der Waals surface area contributed by atoms with Gasteiger partial charge in [-0.15, -0.1) is 0 Å². The van der Waals surface area contributed by atoms with E-state index >= 15 is 0 Å². The molecule has 0 N–H and O–H groups in total. The molecule has 0 saturated carbocycles. The van der Waals surface area contributed by atoms with Crippen LogP contribution < -0.4 is 9.47 Å². The van der Waals surface area contributed by atoms with Crippen LogP contribution in [0.15, 0.2) is 34.9 Å². The molecular weight excluding hydrogens is 292 g/mol. The lowest BCUT2D eigenvalue weighted by atomic mass is 10.2. The summed E-state index contributed by atoms with van der Waals surface area (Å²) in [5.74, 6) is -0.0807. The maximum absolute atomic E-state index is 12.0. The fraction of sp³-hybridized carbons (Fsp3) is 0.200. The van der Waals surface area contributed by atoms with Gasteiger partial charge < -0.3 is 23.4 Å². The van der Waals surface area contributed by atoms with Crippen LogP contribution in [0.1, 0.15) is 26.5 Å². The second-order valence-corrected chi connectivity index (χ2v) is 4.41. The summed E-state index contributed by atoms with van der Waals surface area (Å²) < 4.78 is 25.1. The minimum absolute atomic E-state index is 0.0148. The van der Waals surface area contributed by atoms with Crippen LogP contribution in [0.4, 0.5) is 0 Å². The lowest BCUT2D eigenvalue weighted by Gasteiger charge is -2.05. The van der Waals surface area contributed by atoms with E-state index in [1.807, 2.05) is 0 Å². The Hall–Kier alpha value is -2.96. The number of furan rings is 1. The molecule has 1 aromatic carbocycles. The van der Waals surface area contributed by atoms with Crippen LogP contribution in [-0.2, 0) is 16.1 Å². The zero-order valence-corrected chi connectivity index (χ0v) is 11.7. The maximum Gasteiger partial charge on any atom is 0.374 e. The van der Waals surface area contributed by atoms with Crippen molar-refractivity contribution in [2.24, 2.45) is 0 Å². The lowest BCUT2D eigenvalue weighted by molar-refractivity contribution is 0.0453. The van der Waals surface area contributed by atoms with E-state index in [0.717, 1.165) is 0 Å². The Morgan fingerprint density at radius 3 is 2.77 bits per heavy atom. The Morgan fingerprint density at radius 1 is 1.14 bits per heavy atom. The number of carbonyl (C=O) groups excluding carboxylic acids is 2. The number of esters is 2. The quantitative estimate of drug-likeness (QED) is 0.800. The number of benzene rings is 1. The fourth-order valence-electron chi connectivity index (χ4n) is 1.97. The average Bonchev–Trinajstić information content (AvgIpc) is 3.19. The lowest BCUT2D eigenvalue weighted by Crippen LogP contribution is -2.08. The number of ether oxygens (including phenoxy) is 4. The summed E-state index contributed by atoms with van der Waals surface area (Å²) in [7, 11) is 1.24. The summed E-state index contributed by atoms with van der Waals surface area (Å²) >= 11 is 0. The molecule has 0 radical (unpaired) electrons. The van der Waals surface area contributed by atoms with Crippen molar-refractivity contribution in [3.05, 3.63) is 47.4 Å². The highest BCUT2D eigenvalue weighted by Crippen LogP contribution is 2.32. The van der Waals surface area contributed by atoms with Crippen LogP contribution in [0.5, 0.6) is 11.5 Å². The van der Waals surface area contributed by atoms with Crippen molar-refractivity contribution in [3.8, 4) is 11.5 Å². The molecule has 0 saturated heterocycles. The molecule has 114 valence electrons. The first kappa shape index (κ1) is 14.0. The van der Waals surface area contributed by atoms with E-state index < -0.39 is 11.9 Å². The second-order valence-electron chi connectivity index (χ2n) is 4.41. The standard InChI is InChI=1S/C15H12O7/c1-18-15(17)13-10(4-5-19-13)7-20-14(16)9-2-3-11-12(6-9)22-8-21-11/h2-6H,7-8H2,1H3. The SMILES string of the molecule is COC(=O)c1occc1COC(=O)c1ccc2c(c1)OCO2. The summed E-state index contributed by atoms with van der Waals surface area (Å²) in [5, 5.41) is 0. The van der Waals surface area contributed by atoms with E-state index in [1.165, 1.54) is 13.4 Å². The average molecular weight is 304 g/mol. The third-order valence-electron chi connectivity index (χ3n) is 3.08. The Bertz CT molecular complexity index is 716. The highest BCUT2D eigenvalue weighted by Gasteiger charge is 2.19. The van der Waals surface area contributed by atoms with Gasteiger partial charge in [-0.3, -0.25) is 0 Å². The van der Waals surface area contributed by atoms with E-state index in [9.17, 15) is 9.59 Å². The Labute approximate surface area is 125 Å². The van der Waals surface area contributed by atoms with Gasteiger partial charge in [0.25, 0.3) is 0 Å². The number of hydrogen-bond donors (Lipinski definition) is 0. The predicted octanol–water partition coefficient (Wildman–Crippen LogP) is 2.15. The van der Waals surface area contributed by atoms with Crippen LogP contribution >= 0.6 is 0 Å². The molecule has 0 bridgehead atoms. The summed E-state index contributed by atoms with van der Waals surface area (Å²) in [6, 6.07) is 6.30. The highest BCUT2D eigenvalue weighted by atomic mass is 16.7. The highest BCUT2D eigenvalue weighted by molar-refractivity contribution is 5.91. The van der Waals surface area contributed by atoms with Crippen molar-refractivity contribution in [2.45, 2.75) is 6.61 Å². The van der Waals surface area contributed by atoms with E-state index in [-0.39, 0.29) is 19.2 Å². The first-order valence-electron chi connectivity index (χ1n) is 6.40. The molecule has 0 amide bonds. The van der Waals surface area contributed by atoms with Gasteiger partial charge in [-0.1, -0.05) is 0 Å². The van der Waals surface area contributed by atoms with Gasteiger partial charge in [0.2, 0.25) is 12.6 Å². The van der Waals surface area contributed by atoms with Gasteiger partial charge in [0, 0.05) is 5.56 Å². The smallest absolute Gasteiger partial charge is 0.374 e. The van der Waals surface area contributed by atoms with E-state index in [4.69, 9.17) is 18.6 Å². The van der Waals surface area contributed by atoms with E-state index in [0.29, 0.717) is 22.6 Å². The Kier molecular flexibility index (Phi) is 3.69. The van der Waals surface area contributed by atoms with Crippen molar-refractivity contribution in [1.82, 2.24) is 0 Å². The number of fused-ring (bicyclic) bond motifs is 1. The van der Waals surface area contributed by atoms with E-state index in [1.54, 1.807) is 24.3 Å². The van der Waals surface area contributed by atoms with Crippen molar-refractivity contribution in [3.63, 3.8) is 0 Å². The first-order valence-corrected chi connectivity index (χ1v) is 6.40. The molecular formula is C15H12O7. The number of hydrogen-bond acceptors (Lipinski definition) is 7. The molecule has 0 unspecified atom stereocenters. The zero-order chi connectivity index (χ0) is 15.5. The van der Waals surface area contributed by atoms with Gasteiger partial charge in [-0.25, -0.2) is 9.59 Å². The van der Waals surface area contributed by atoms with Crippen molar-refractivity contribution in [1.29, 1.82) is 0 Å². The molecule has 0 atom stereocenters. The molecule has 0 spiro atoms. The molecule has 2 heterocycles. The molecule has 1 aromatic heterocycles. The molecule has 7 heteroatoms.